The molecule has 0 saturated carbocycles. The summed E-state index contributed by atoms with van der Waals surface area (Å²) in [6.45, 7) is 0.512. The summed E-state index contributed by atoms with van der Waals surface area (Å²) < 4.78 is 27.6. The molecule has 3 heterocycles. The molecule has 4 N–H and O–H groups in total. The van der Waals surface area contributed by atoms with Gasteiger partial charge in [-0.3, -0.25) is 9.78 Å². The zero-order chi connectivity index (χ0) is 21.7. The molecule has 0 saturated heterocycles. The Morgan fingerprint density at radius 1 is 1.00 bits per heavy atom. The first-order chi connectivity index (χ1) is 15.0. The molecule has 11 heteroatoms. The molecule has 0 radical (unpaired) electrons. The van der Waals surface area contributed by atoms with E-state index in [1.54, 1.807) is 36.7 Å². The molecule has 0 spiro atoms. The van der Waals surface area contributed by atoms with E-state index in [1.165, 1.54) is 6.07 Å². The Kier molecular flexibility index (Phi) is 6.05. The van der Waals surface area contributed by atoms with E-state index in [-0.39, 0.29) is 17.3 Å². The molecule has 0 atom stereocenters. The fourth-order valence-electron chi connectivity index (χ4n) is 3.06. The van der Waals surface area contributed by atoms with Crippen LogP contribution < -0.4 is 20.7 Å². The van der Waals surface area contributed by atoms with Crippen LogP contribution in [-0.2, 0) is 21.2 Å². The molecule has 1 aliphatic rings. The van der Waals surface area contributed by atoms with Gasteiger partial charge >= 0.3 is 0 Å². The molecular formula is C20H21N7O3S. The lowest BCUT2D eigenvalue weighted by Crippen LogP contribution is -2.29. The quantitative estimate of drug-likeness (QED) is 0.391. The standard InChI is InChI=1S/C20H21N7O3S/c28-20-8-3-14-12-16(4-5-17(14)25-20)31(29,30)23-11-10-22-18-6-7-19(27-26-18)24-15-2-1-9-21-13-15/h1-2,4-7,9,12-13,23H,3,8,10-11H2,(H,22,26)(H,24,27)(H,25,28). The van der Waals surface area contributed by atoms with E-state index in [1.807, 2.05) is 12.1 Å². The molecule has 0 unspecified atom stereocenters. The number of fused-ring (bicyclic) bond motifs is 1. The third kappa shape index (κ3) is 5.32. The number of aryl methyl sites for hydroxylation is 1. The highest BCUT2D eigenvalue weighted by atomic mass is 32.2. The number of sulfonamides is 1. The van der Waals surface area contributed by atoms with Crippen molar-refractivity contribution < 1.29 is 13.2 Å². The molecule has 1 aliphatic heterocycles. The molecule has 1 amide bonds. The van der Waals surface area contributed by atoms with Gasteiger partial charge in [0.1, 0.15) is 5.82 Å². The van der Waals surface area contributed by atoms with Crippen LogP contribution in [0.25, 0.3) is 0 Å². The lowest BCUT2D eigenvalue weighted by atomic mass is 10.0. The molecule has 0 bridgehead atoms. The molecule has 4 rings (SSSR count). The lowest BCUT2D eigenvalue weighted by Gasteiger charge is -2.17. The van der Waals surface area contributed by atoms with Crippen LogP contribution in [0.1, 0.15) is 12.0 Å². The summed E-state index contributed by atoms with van der Waals surface area (Å²) in [4.78, 5) is 15.6. The molecule has 160 valence electrons. The maximum Gasteiger partial charge on any atom is 0.240 e. The Balaban J connectivity index is 1.28. The maximum absolute atomic E-state index is 12.5. The number of rotatable bonds is 8. The first-order valence-corrected chi connectivity index (χ1v) is 11.1. The molecule has 3 aromatic rings. The second-order valence-electron chi connectivity index (χ2n) is 6.86. The van der Waals surface area contributed by atoms with Crippen molar-refractivity contribution >= 4 is 38.9 Å². The molecule has 31 heavy (non-hydrogen) atoms. The second kappa shape index (κ2) is 9.06. The van der Waals surface area contributed by atoms with Crippen LogP contribution in [0.5, 0.6) is 0 Å². The van der Waals surface area contributed by atoms with Crippen LogP contribution in [0.3, 0.4) is 0 Å². The van der Waals surface area contributed by atoms with Gasteiger partial charge in [0.2, 0.25) is 15.9 Å². The number of benzene rings is 1. The highest BCUT2D eigenvalue weighted by Crippen LogP contribution is 2.25. The number of amides is 1. The monoisotopic (exact) mass is 439 g/mol. The third-order valence-electron chi connectivity index (χ3n) is 4.60. The number of hydrogen-bond donors (Lipinski definition) is 4. The largest absolute Gasteiger partial charge is 0.367 e. The van der Waals surface area contributed by atoms with E-state index in [0.717, 1.165) is 11.3 Å². The summed E-state index contributed by atoms with van der Waals surface area (Å²) in [7, 11) is -3.66. The van der Waals surface area contributed by atoms with E-state index < -0.39 is 10.0 Å². The van der Waals surface area contributed by atoms with Gasteiger partial charge in [-0.15, -0.1) is 10.2 Å². The number of nitrogens with zero attached hydrogens (tertiary/aromatic N) is 3. The number of carbonyl (C=O) groups excluding carboxylic acids is 1. The summed E-state index contributed by atoms with van der Waals surface area (Å²) in [5.41, 5.74) is 2.28. The highest BCUT2D eigenvalue weighted by molar-refractivity contribution is 7.89. The van der Waals surface area contributed by atoms with Gasteiger partial charge in [-0.25, -0.2) is 13.1 Å². The van der Waals surface area contributed by atoms with E-state index in [0.29, 0.717) is 36.7 Å². The second-order valence-corrected chi connectivity index (χ2v) is 8.63. The lowest BCUT2D eigenvalue weighted by molar-refractivity contribution is -0.116. The van der Waals surface area contributed by atoms with Crippen LogP contribution in [0.4, 0.5) is 23.0 Å². The van der Waals surface area contributed by atoms with Gasteiger partial charge in [-0.2, -0.15) is 0 Å². The van der Waals surface area contributed by atoms with Gasteiger partial charge in [-0.1, -0.05) is 0 Å². The average Bonchev–Trinajstić information content (AvgIpc) is 2.78. The summed E-state index contributed by atoms with van der Waals surface area (Å²) in [5, 5.41) is 17.0. The maximum atomic E-state index is 12.5. The molecule has 1 aromatic carbocycles. The molecule has 0 aliphatic carbocycles. The number of pyridine rings is 1. The zero-order valence-electron chi connectivity index (χ0n) is 16.5. The van der Waals surface area contributed by atoms with Crippen molar-refractivity contribution in [2.75, 3.05) is 29.0 Å². The molecule has 2 aromatic heterocycles. The van der Waals surface area contributed by atoms with E-state index in [9.17, 15) is 13.2 Å². The zero-order valence-corrected chi connectivity index (χ0v) is 17.3. The smallest absolute Gasteiger partial charge is 0.240 e. The van der Waals surface area contributed by atoms with Crippen LogP contribution in [0.2, 0.25) is 0 Å². The first kappa shape index (κ1) is 20.7. The SMILES string of the molecule is O=C1CCc2cc(S(=O)(=O)NCCNc3ccc(Nc4cccnc4)nn3)ccc2N1. The van der Waals surface area contributed by atoms with Crippen molar-refractivity contribution in [3.05, 3.63) is 60.4 Å². The fraction of sp³-hybridized carbons (Fsp3) is 0.200. The average molecular weight is 440 g/mol. The summed E-state index contributed by atoms with van der Waals surface area (Å²) in [5.74, 6) is 1.04. The van der Waals surface area contributed by atoms with Crippen molar-refractivity contribution in [1.82, 2.24) is 19.9 Å². The summed E-state index contributed by atoms with van der Waals surface area (Å²) in [6.07, 6.45) is 4.24. The minimum Gasteiger partial charge on any atom is -0.367 e. The highest BCUT2D eigenvalue weighted by Gasteiger charge is 2.19. The topological polar surface area (TPSA) is 138 Å². The van der Waals surface area contributed by atoms with Gasteiger partial charge in [0.05, 0.1) is 16.8 Å². The van der Waals surface area contributed by atoms with Gasteiger partial charge in [-0.05, 0) is 54.4 Å². The van der Waals surface area contributed by atoms with Crippen molar-refractivity contribution in [1.29, 1.82) is 0 Å². The van der Waals surface area contributed by atoms with Gasteiger partial charge < -0.3 is 16.0 Å². The van der Waals surface area contributed by atoms with Gasteiger partial charge in [0.15, 0.2) is 5.82 Å². The van der Waals surface area contributed by atoms with Gasteiger partial charge in [0, 0.05) is 31.4 Å². The normalized spacial score (nSPS) is 13.2. The fourth-order valence-corrected chi connectivity index (χ4v) is 4.15. The number of hydrogen-bond acceptors (Lipinski definition) is 8. The molecule has 10 nitrogen and oxygen atoms in total. The Morgan fingerprint density at radius 3 is 2.61 bits per heavy atom. The van der Waals surface area contributed by atoms with Gasteiger partial charge in [0.25, 0.3) is 0 Å². The molecular weight excluding hydrogens is 418 g/mol. The van der Waals surface area contributed by atoms with Crippen molar-refractivity contribution in [3.63, 3.8) is 0 Å². The van der Waals surface area contributed by atoms with E-state index in [4.69, 9.17) is 0 Å². The minimum absolute atomic E-state index is 0.0590. The number of anilines is 4. The number of aromatic nitrogens is 3. The Labute approximate surface area is 179 Å². The number of carbonyl (C=O) groups is 1. The molecule has 0 fully saturated rings. The van der Waals surface area contributed by atoms with E-state index >= 15 is 0 Å². The van der Waals surface area contributed by atoms with Crippen molar-refractivity contribution in [3.8, 4) is 0 Å². The van der Waals surface area contributed by atoms with Crippen molar-refractivity contribution in [2.24, 2.45) is 0 Å². The predicted molar refractivity (Wildman–Crippen MR) is 117 cm³/mol. The summed E-state index contributed by atoms with van der Waals surface area (Å²) >= 11 is 0. The Bertz CT molecular complexity index is 1170. The van der Waals surface area contributed by atoms with Crippen LogP contribution >= 0.6 is 0 Å². The Hall–Kier alpha value is -3.57. The Morgan fingerprint density at radius 2 is 1.84 bits per heavy atom. The van der Waals surface area contributed by atoms with Crippen LogP contribution in [0.15, 0.2) is 59.8 Å². The van der Waals surface area contributed by atoms with Crippen molar-refractivity contribution in [2.45, 2.75) is 17.7 Å². The number of nitrogens with one attached hydrogen (secondary N) is 4. The third-order valence-corrected chi connectivity index (χ3v) is 6.06. The summed E-state index contributed by atoms with van der Waals surface area (Å²) in [6, 6.07) is 11.9. The first-order valence-electron chi connectivity index (χ1n) is 9.67. The predicted octanol–water partition coefficient (Wildman–Crippen LogP) is 1.89. The van der Waals surface area contributed by atoms with Crippen LogP contribution in [0, 0.1) is 0 Å². The minimum atomic E-state index is -3.66. The van der Waals surface area contributed by atoms with E-state index in [2.05, 4.69) is 35.9 Å². The van der Waals surface area contributed by atoms with Crippen LogP contribution in [-0.4, -0.2) is 42.6 Å².